The van der Waals surface area contributed by atoms with Gasteiger partial charge in [-0.25, -0.2) is 4.79 Å². The van der Waals surface area contributed by atoms with Crippen LogP contribution in [0.2, 0.25) is 5.02 Å². The Labute approximate surface area is 166 Å². The van der Waals surface area contributed by atoms with Gasteiger partial charge in [0, 0.05) is 11.4 Å². The molecule has 1 amide bonds. The third-order valence-corrected chi connectivity index (χ3v) is 4.35. The van der Waals surface area contributed by atoms with Crippen LogP contribution in [0.4, 0.5) is 0 Å². The predicted molar refractivity (Wildman–Crippen MR) is 103 cm³/mol. The number of halogens is 1. The number of amides is 1. The minimum atomic E-state index is -1.82. The molecule has 0 aliphatic carbocycles. The molecule has 0 saturated heterocycles. The molecule has 0 aliphatic rings. The number of nitrogens with one attached hydrogen (secondary N) is 1. The van der Waals surface area contributed by atoms with Crippen molar-refractivity contribution in [1.29, 1.82) is 0 Å². The lowest BCUT2D eigenvalue weighted by Gasteiger charge is -2.21. The lowest BCUT2D eigenvalue weighted by Crippen LogP contribution is -2.48. The molecule has 0 bridgehead atoms. The van der Waals surface area contributed by atoms with E-state index in [1.807, 2.05) is 30.3 Å². The summed E-state index contributed by atoms with van der Waals surface area (Å²) in [4.78, 5) is 33.6. The summed E-state index contributed by atoms with van der Waals surface area (Å²) in [6, 6.07) is 13.4. The van der Waals surface area contributed by atoms with Crippen molar-refractivity contribution in [3.05, 3.63) is 59.1 Å². The zero-order valence-corrected chi connectivity index (χ0v) is 15.6. The fraction of sp³-hybridized carbons (Fsp3) is 0.250. The van der Waals surface area contributed by atoms with Gasteiger partial charge in [-0.15, -0.1) is 0 Å². The minimum absolute atomic E-state index is 0.0715. The number of carbonyl (C=O) groups is 3. The van der Waals surface area contributed by atoms with Gasteiger partial charge in [0.05, 0.1) is 12.5 Å². The van der Waals surface area contributed by atoms with Gasteiger partial charge in [-0.1, -0.05) is 48.0 Å². The summed E-state index contributed by atoms with van der Waals surface area (Å²) in [6.45, 7) is 0. The van der Waals surface area contributed by atoms with E-state index in [2.05, 4.69) is 5.32 Å². The molecule has 1 unspecified atom stereocenters. The second kappa shape index (κ2) is 9.87. The van der Waals surface area contributed by atoms with E-state index in [1.54, 1.807) is 18.2 Å². The molecular weight excluding hydrogens is 386 g/mol. The SMILES string of the molecule is O=C(O)CCC(=O)NC(Cc1ccc(-c2cccc(Cl)c2)cc1)[C@@H](O)C(=O)O. The number of hydrogen-bond acceptors (Lipinski definition) is 4. The highest BCUT2D eigenvalue weighted by atomic mass is 35.5. The average Bonchev–Trinajstić information content (AvgIpc) is 2.65. The normalized spacial score (nSPS) is 12.8. The molecule has 2 rings (SSSR count). The van der Waals surface area contributed by atoms with Crippen LogP contribution in [0.25, 0.3) is 11.1 Å². The van der Waals surface area contributed by atoms with Crippen LogP contribution in [0.15, 0.2) is 48.5 Å². The van der Waals surface area contributed by atoms with Gasteiger partial charge in [0.15, 0.2) is 6.10 Å². The summed E-state index contributed by atoms with van der Waals surface area (Å²) < 4.78 is 0. The van der Waals surface area contributed by atoms with Gasteiger partial charge in [-0.2, -0.15) is 0 Å². The van der Waals surface area contributed by atoms with Crippen LogP contribution in [0.5, 0.6) is 0 Å². The zero-order valence-electron chi connectivity index (χ0n) is 14.8. The van der Waals surface area contributed by atoms with Gasteiger partial charge < -0.3 is 20.6 Å². The Bertz CT molecular complexity index is 852. The van der Waals surface area contributed by atoms with Crippen molar-refractivity contribution >= 4 is 29.4 Å². The molecule has 4 N–H and O–H groups in total. The Morgan fingerprint density at radius 2 is 1.64 bits per heavy atom. The lowest BCUT2D eigenvalue weighted by molar-refractivity contribution is -0.149. The Hall–Kier alpha value is -2.90. The second-order valence-electron chi connectivity index (χ2n) is 6.26. The Balaban J connectivity index is 2.11. The molecular formula is C20H20ClNO6. The van der Waals surface area contributed by atoms with Crippen LogP contribution < -0.4 is 5.32 Å². The number of benzene rings is 2. The number of aliphatic hydroxyl groups excluding tert-OH is 1. The van der Waals surface area contributed by atoms with E-state index >= 15 is 0 Å². The van der Waals surface area contributed by atoms with Gasteiger partial charge in [0.25, 0.3) is 0 Å². The van der Waals surface area contributed by atoms with Crippen LogP contribution in [0.1, 0.15) is 18.4 Å². The molecule has 148 valence electrons. The number of hydrogen-bond donors (Lipinski definition) is 4. The molecule has 0 aromatic heterocycles. The fourth-order valence-corrected chi connectivity index (χ4v) is 2.86. The minimum Gasteiger partial charge on any atom is -0.481 e. The Morgan fingerprint density at radius 3 is 2.21 bits per heavy atom. The largest absolute Gasteiger partial charge is 0.481 e. The van der Waals surface area contributed by atoms with Crippen molar-refractivity contribution in [2.24, 2.45) is 0 Å². The quantitative estimate of drug-likeness (QED) is 0.507. The Kier molecular flexibility index (Phi) is 7.54. The van der Waals surface area contributed by atoms with Gasteiger partial charge in [0.2, 0.25) is 5.91 Å². The monoisotopic (exact) mass is 405 g/mol. The van der Waals surface area contributed by atoms with E-state index in [9.17, 15) is 19.5 Å². The number of carboxylic acid groups (broad SMARTS) is 2. The van der Waals surface area contributed by atoms with E-state index < -0.39 is 30.0 Å². The molecule has 0 saturated carbocycles. The van der Waals surface area contributed by atoms with E-state index in [0.717, 1.165) is 11.1 Å². The van der Waals surface area contributed by atoms with Crippen LogP contribution >= 0.6 is 11.6 Å². The van der Waals surface area contributed by atoms with Crippen LogP contribution in [0.3, 0.4) is 0 Å². The highest BCUT2D eigenvalue weighted by Crippen LogP contribution is 2.23. The summed E-state index contributed by atoms with van der Waals surface area (Å²) in [6.07, 6.45) is -2.43. The van der Waals surface area contributed by atoms with Crippen molar-refractivity contribution < 1.29 is 29.7 Å². The van der Waals surface area contributed by atoms with E-state index in [1.165, 1.54) is 0 Å². The van der Waals surface area contributed by atoms with Crippen molar-refractivity contribution in [1.82, 2.24) is 5.32 Å². The topological polar surface area (TPSA) is 124 Å². The molecule has 28 heavy (non-hydrogen) atoms. The highest BCUT2D eigenvalue weighted by molar-refractivity contribution is 6.30. The first-order valence-corrected chi connectivity index (χ1v) is 8.91. The zero-order chi connectivity index (χ0) is 20.7. The number of aliphatic hydroxyl groups is 1. The molecule has 2 atom stereocenters. The molecule has 7 nitrogen and oxygen atoms in total. The molecule has 0 aliphatic heterocycles. The van der Waals surface area contributed by atoms with Crippen LogP contribution in [0, 0.1) is 0 Å². The standard InChI is InChI=1S/C20H20ClNO6/c21-15-3-1-2-14(11-15)13-6-4-12(5-7-13)10-16(19(26)20(27)28)22-17(23)8-9-18(24)25/h1-7,11,16,19,26H,8-10H2,(H,22,23)(H,24,25)(H,27,28)/t16?,19-/m1/s1. The first-order valence-electron chi connectivity index (χ1n) is 8.53. The molecule has 2 aromatic rings. The lowest BCUT2D eigenvalue weighted by atomic mass is 9.98. The summed E-state index contributed by atoms with van der Waals surface area (Å²) in [7, 11) is 0. The summed E-state index contributed by atoms with van der Waals surface area (Å²) >= 11 is 5.99. The van der Waals surface area contributed by atoms with Gasteiger partial charge in [0.1, 0.15) is 0 Å². The summed E-state index contributed by atoms with van der Waals surface area (Å²) in [5.41, 5.74) is 2.53. The van der Waals surface area contributed by atoms with Gasteiger partial charge in [-0.05, 0) is 35.2 Å². The van der Waals surface area contributed by atoms with Crippen molar-refractivity contribution in [3.8, 4) is 11.1 Å². The average molecular weight is 406 g/mol. The van der Waals surface area contributed by atoms with Gasteiger partial charge >= 0.3 is 11.9 Å². The fourth-order valence-electron chi connectivity index (χ4n) is 2.67. The number of aliphatic carboxylic acids is 2. The first-order chi connectivity index (χ1) is 13.3. The molecule has 0 heterocycles. The molecule has 0 spiro atoms. The molecule has 0 fully saturated rings. The number of rotatable bonds is 9. The third-order valence-electron chi connectivity index (χ3n) is 4.11. The first kappa shape index (κ1) is 21.4. The van der Waals surface area contributed by atoms with Crippen LogP contribution in [-0.2, 0) is 20.8 Å². The van der Waals surface area contributed by atoms with Crippen LogP contribution in [-0.4, -0.2) is 45.3 Å². The number of carboxylic acids is 2. The van der Waals surface area contributed by atoms with Crippen molar-refractivity contribution in [2.45, 2.75) is 31.4 Å². The number of carbonyl (C=O) groups excluding carboxylic acids is 1. The Morgan fingerprint density at radius 1 is 0.964 bits per heavy atom. The summed E-state index contributed by atoms with van der Waals surface area (Å²) in [5.74, 6) is -3.25. The van der Waals surface area contributed by atoms with E-state index in [4.69, 9.17) is 21.8 Å². The predicted octanol–water partition coefficient (Wildman–Crippen LogP) is 2.34. The highest BCUT2D eigenvalue weighted by Gasteiger charge is 2.27. The van der Waals surface area contributed by atoms with Gasteiger partial charge in [-0.3, -0.25) is 9.59 Å². The maximum atomic E-state index is 11.9. The van der Waals surface area contributed by atoms with E-state index in [-0.39, 0.29) is 19.3 Å². The maximum Gasteiger partial charge on any atom is 0.334 e. The molecule has 8 heteroatoms. The van der Waals surface area contributed by atoms with E-state index in [0.29, 0.717) is 10.6 Å². The van der Waals surface area contributed by atoms with Crippen molar-refractivity contribution in [3.63, 3.8) is 0 Å². The maximum absolute atomic E-state index is 11.9. The molecule has 0 radical (unpaired) electrons. The molecule has 2 aromatic carbocycles. The van der Waals surface area contributed by atoms with Crippen molar-refractivity contribution in [2.75, 3.05) is 0 Å². The summed E-state index contributed by atoms with van der Waals surface area (Å²) in [5, 5.41) is 30.6. The second-order valence-corrected chi connectivity index (χ2v) is 6.70. The smallest absolute Gasteiger partial charge is 0.334 e. The third kappa shape index (κ3) is 6.37.